The number of carbonyl (C=O) groups is 1. The van der Waals surface area contributed by atoms with E-state index in [-0.39, 0.29) is 11.4 Å². The number of aryl methyl sites for hydroxylation is 1. The molecule has 0 unspecified atom stereocenters. The van der Waals surface area contributed by atoms with Crippen molar-refractivity contribution in [1.29, 1.82) is 0 Å². The molecule has 0 atom stereocenters. The molecule has 126 valence electrons. The molecule has 0 heterocycles. The number of likely N-dealkylation sites (N-methyl/N-ethyl adjacent to an activating group) is 1. The molecule has 0 aromatic heterocycles. The van der Waals surface area contributed by atoms with Gasteiger partial charge in [-0.1, -0.05) is 70.4 Å². The van der Waals surface area contributed by atoms with Gasteiger partial charge in [-0.25, -0.2) is 0 Å². The first-order valence-corrected chi connectivity index (χ1v) is 8.61. The van der Waals surface area contributed by atoms with Crippen LogP contribution in [0, 0.1) is 6.92 Å². The first-order chi connectivity index (χ1) is 10.5. The molecule has 1 amide bonds. The molecule has 1 aliphatic carbocycles. The van der Waals surface area contributed by atoms with Gasteiger partial charge in [-0.2, -0.15) is 0 Å². The molecule has 0 saturated heterocycles. The SMILES string of the molecule is CC.CC.Cc1ccc(C2(N(C)CC(N)=O)CCCC2)cc1. The molecule has 1 saturated carbocycles. The smallest absolute Gasteiger partial charge is 0.231 e. The van der Waals surface area contributed by atoms with Crippen LogP contribution in [0.3, 0.4) is 0 Å². The number of hydrogen-bond donors (Lipinski definition) is 1. The molecular formula is C19H34N2O. The second-order valence-electron chi connectivity index (χ2n) is 5.43. The Kier molecular flexibility index (Phi) is 9.75. The van der Waals surface area contributed by atoms with Gasteiger partial charge in [0.2, 0.25) is 5.91 Å². The Morgan fingerprint density at radius 2 is 1.55 bits per heavy atom. The van der Waals surface area contributed by atoms with Gasteiger partial charge in [0.25, 0.3) is 0 Å². The number of nitrogens with two attached hydrogens (primary N) is 1. The molecule has 0 bridgehead atoms. The maximum Gasteiger partial charge on any atom is 0.231 e. The maximum atomic E-state index is 11.2. The fourth-order valence-corrected chi connectivity index (χ4v) is 3.10. The highest BCUT2D eigenvalue weighted by Crippen LogP contribution is 2.43. The van der Waals surface area contributed by atoms with Crippen molar-refractivity contribution in [3.8, 4) is 0 Å². The van der Waals surface area contributed by atoms with Gasteiger partial charge in [-0.3, -0.25) is 9.69 Å². The van der Waals surface area contributed by atoms with Gasteiger partial charge < -0.3 is 5.73 Å². The lowest BCUT2D eigenvalue weighted by Crippen LogP contribution is -2.45. The van der Waals surface area contributed by atoms with Crippen molar-refractivity contribution in [1.82, 2.24) is 4.90 Å². The Balaban J connectivity index is 0.00000102. The number of primary amides is 1. The van der Waals surface area contributed by atoms with Crippen LogP contribution in [-0.2, 0) is 10.3 Å². The Morgan fingerprint density at radius 1 is 1.09 bits per heavy atom. The van der Waals surface area contributed by atoms with E-state index in [9.17, 15) is 4.79 Å². The fraction of sp³-hybridized carbons (Fsp3) is 0.632. The Labute approximate surface area is 136 Å². The van der Waals surface area contributed by atoms with Crippen molar-refractivity contribution in [2.45, 2.75) is 65.8 Å². The summed E-state index contributed by atoms with van der Waals surface area (Å²) in [5.41, 5.74) is 7.93. The van der Waals surface area contributed by atoms with Gasteiger partial charge in [0, 0.05) is 5.54 Å². The van der Waals surface area contributed by atoms with Crippen molar-refractivity contribution < 1.29 is 4.79 Å². The van der Waals surface area contributed by atoms with Gasteiger partial charge >= 0.3 is 0 Å². The molecule has 1 fully saturated rings. The number of benzene rings is 1. The molecule has 1 aromatic carbocycles. The standard InChI is InChI=1S/C15H22N2O.2C2H6/c1-12-5-7-13(8-6-12)15(9-3-4-10-15)17(2)11-14(16)18;2*1-2/h5-8H,3-4,9-11H2,1-2H3,(H2,16,18);2*1-2H3. The van der Waals surface area contributed by atoms with Crippen LogP contribution in [0.5, 0.6) is 0 Å². The lowest BCUT2D eigenvalue weighted by atomic mass is 9.86. The molecule has 0 aliphatic heterocycles. The highest BCUT2D eigenvalue weighted by Gasteiger charge is 2.39. The number of hydrogen-bond acceptors (Lipinski definition) is 2. The highest BCUT2D eigenvalue weighted by atomic mass is 16.1. The lowest BCUT2D eigenvalue weighted by Gasteiger charge is -2.39. The van der Waals surface area contributed by atoms with E-state index in [2.05, 4.69) is 36.1 Å². The predicted octanol–water partition coefficient (Wildman–Crippen LogP) is 4.23. The van der Waals surface area contributed by atoms with E-state index >= 15 is 0 Å². The largest absolute Gasteiger partial charge is 0.369 e. The summed E-state index contributed by atoms with van der Waals surface area (Å²) in [4.78, 5) is 13.3. The molecular weight excluding hydrogens is 272 g/mol. The second-order valence-corrected chi connectivity index (χ2v) is 5.43. The van der Waals surface area contributed by atoms with Crippen LogP contribution >= 0.6 is 0 Å². The van der Waals surface area contributed by atoms with Crippen molar-refractivity contribution in [2.24, 2.45) is 5.73 Å². The zero-order chi connectivity index (χ0) is 17.2. The van der Waals surface area contributed by atoms with Gasteiger partial charge in [-0.15, -0.1) is 0 Å². The van der Waals surface area contributed by atoms with Crippen molar-refractivity contribution >= 4 is 5.91 Å². The molecule has 0 spiro atoms. The van der Waals surface area contributed by atoms with Crippen LogP contribution in [-0.4, -0.2) is 24.4 Å². The van der Waals surface area contributed by atoms with Gasteiger partial charge in [-0.05, 0) is 32.4 Å². The zero-order valence-corrected chi connectivity index (χ0v) is 15.3. The van der Waals surface area contributed by atoms with E-state index in [4.69, 9.17) is 5.73 Å². The van der Waals surface area contributed by atoms with E-state index in [0.717, 1.165) is 12.8 Å². The average molecular weight is 306 g/mol. The van der Waals surface area contributed by atoms with Crippen LogP contribution in [0.2, 0.25) is 0 Å². The van der Waals surface area contributed by atoms with E-state index in [1.165, 1.54) is 24.0 Å². The number of rotatable bonds is 4. The molecule has 3 heteroatoms. The summed E-state index contributed by atoms with van der Waals surface area (Å²) in [5, 5.41) is 0. The number of nitrogens with zero attached hydrogens (tertiary/aromatic N) is 1. The quantitative estimate of drug-likeness (QED) is 0.904. The Morgan fingerprint density at radius 3 is 1.95 bits per heavy atom. The molecule has 22 heavy (non-hydrogen) atoms. The zero-order valence-electron chi connectivity index (χ0n) is 15.3. The van der Waals surface area contributed by atoms with E-state index in [1.54, 1.807) is 0 Å². The van der Waals surface area contributed by atoms with E-state index in [1.807, 2.05) is 34.7 Å². The van der Waals surface area contributed by atoms with Crippen LogP contribution < -0.4 is 5.73 Å². The van der Waals surface area contributed by atoms with Crippen molar-refractivity contribution in [3.05, 3.63) is 35.4 Å². The summed E-state index contributed by atoms with van der Waals surface area (Å²) in [6.45, 7) is 10.4. The molecule has 2 N–H and O–H groups in total. The first kappa shape index (κ1) is 20.6. The molecule has 2 rings (SSSR count). The van der Waals surface area contributed by atoms with E-state index < -0.39 is 0 Å². The van der Waals surface area contributed by atoms with Crippen LogP contribution in [0.1, 0.15) is 64.5 Å². The van der Waals surface area contributed by atoms with Gasteiger partial charge in [0.1, 0.15) is 0 Å². The molecule has 1 aliphatic rings. The third-order valence-corrected chi connectivity index (χ3v) is 4.14. The summed E-state index contributed by atoms with van der Waals surface area (Å²) in [5.74, 6) is -0.254. The Hall–Kier alpha value is -1.35. The summed E-state index contributed by atoms with van der Waals surface area (Å²) in [6, 6.07) is 8.68. The van der Waals surface area contributed by atoms with Crippen molar-refractivity contribution in [3.63, 3.8) is 0 Å². The summed E-state index contributed by atoms with van der Waals surface area (Å²) in [6.07, 6.45) is 4.66. The van der Waals surface area contributed by atoms with Crippen LogP contribution in [0.25, 0.3) is 0 Å². The topological polar surface area (TPSA) is 46.3 Å². The monoisotopic (exact) mass is 306 g/mol. The minimum Gasteiger partial charge on any atom is -0.369 e. The minimum atomic E-state index is -0.254. The van der Waals surface area contributed by atoms with Gasteiger partial charge in [0.05, 0.1) is 6.54 Å². The minimum absolute atomic E-state index is 0.00271. The second kappa shape index (κ2) is 10.4. The predicted molar refractivity (Wildman–Crippen MR) is 95.8 cm³/mol. The molecule has 3 nitrogen and oxygen atoms in total. The first-order valence-electron chi connectivity index (χ1n) is 8.61. The number of carbonyl (C=O) groups excluding carboxylic acids is 1. The Bertz CT molecular complexity index is 420. The van der Waals surface area contributed by atoms with Crippen molar-refractivity contribution in [2.75, 3.05) is 13.6 Å². The van der Waals surface area contributed by atoms with Gasteiger partial charge in [0.15, 0.2) is 0 Å². The lowest BCUT2D eigenvalue weighted by molar-refractivity contribution is -0.120. The average Bonchev–Trinajstić information content (AvgIpc) is 3.02. The maximum absolute atomic E-state index is 11.2. The molecule has 1 aromatic rings. The van der Waals surface area contributed by atoms with Crippen LogP contribution in [0.15, 0.2) is 24.3 Å². The van der Waals surface area contributed by atoms with E-state index in [0.29, 0.717) is 6.54 Å². The fourth-order valence-electron chi connectivity index (χ4n) is 3.10. The summed E-state index contributed by atoms with van der Waals surface area (Å²) in [7, 11) is 2.01. The number of amides is 1. The third-order valence-electron chi connectivity index (χ3n) is 4.14. The highest BCUT2D eigenvalue weighted by molar-refractivity contribution is 5.76. The normalized spacial score (nSPS) is 15.4. The summed E-state index contributed by atoms with van der Waals surface area (Å²) >= 11 is 0. The summed E-state index contributed by atoms with van der Waals surface area (Å²) < 4.78 is 0. The van der Waals surface area contributed by atoms with Crippen LogP contribution in [0.4, 0.5) is 0 Å². The molecule has 0 radical (unpaired) electrons. The third kappa shape index (κ3) is 5.13.